The van der Waals surface area contributed by atoms with E-state index < -0.39 is 15.9 Å². The van der Waals surface area contributed by atoms with Gasteiger partial charge in [0.15, 0.2) is 0 Å². The molecule has 1 unspecified atom stereocenters. The molecule has 3 rings (SSSR count). The standard InChI is InChI=1S/C21H25N3O4S/c1-3-15(2)16-7-9-18(10-8-16)23-21(26)17-5-4-6-19(13-17)29(27,28)24-12-11-22-20(25)14-24/h4-10,13,15H,3,11-12,14H2,1-2H3,(H,22,25)(H,23,26). The molecule has 2 N–H and O–H groups in total. The van der Waals surface area contributed by atoms with Crippen LogP contribution in [0.5, 0.6) is 0 Å². The summed E-state index contributed by atoms with van der Waals surface area (Å²) < 4.78 is 26.7. The summed E-state index contributed by atoms with van der Waals surface area (Å²) in [6.07, 6.45) is 1.03. The maximum atomic E-state index is 12.8. The Kier molecular flexibility index (Phi) is 6.34. The third-order valence-electron chi connectivity index (χ3n) is 5.09. The third-order valence-corrected chi connectivity index (χ3v) is 6.93. The lowest BCUT2D eigenvalue weighted by Gasteiger charge is -2.26. The molecule has 29 heavy (non-hydrogen) atoms. The molecular formula is C21H25N3O4S. The van der Waals surface area contributed by atoms with Crippen LogP contribution in [0.25, 0.3) is 0 Å². The van der Waals surface area contributed by atoms with Crippen molar-refractivity contribution < 1.29 is 18.0 Å². The molecule has 1 saturated heterocycles. The molecule has 2 amide bonds. The summed E-state index contributed by atoms with van der Waals surface area (Å²) >= 11 is 0. The van der Waals surface area contributed by atoms with Crippen LogP contribution in [0.2, 0.25) is 0 Å². The van der Waals surface area contributed by atoms with Gasteiger partial charge in [-0.3, -0.25) is 9.59 Å². The van der Waals surface area contributed by atoms with Crippen LogP contribution in [0.3, 0.4) is 0 Å². The number of hydrogen-bond acceptors (Lipinski definition) is 4. The smallest absolute Gasteiger partial charge is 0.255 e. The van der Waals surface area contributed by atoms with Crippen LogP contribution in [0.15, 0.2) is 53.4 Å². The van der Waals surface area contributed by atoms with Crippen molar-refractivity contribution >= 4 is 27.5 Å². The zero-order chi connectivity index (χ0) is 21.0. The van der Waals surface area contributed by atoms with Gasteiger partial charge in [0.2, 0.25) is 15.9 Å². The van der Waals surface area contributed by atoms with Crippen LogP contribution in [-0.4, -0.2) is 44.2 Å². The minimum Gasteiger partial charge on any atom is -0.354 e. The fourth-order valence-electron chi connectivity index (χ4n) is 3.10. The molecule has 1 aliphatic heterocycles. The molecule has 0 radical (unpaired) electrons. The van der Waals surface area contributed by atoms with Gasteiger partial charge in [-0.05, 0) is 48.2 Å². The predicted octanol–water partition coefficient (Wildman–Crippen LogP) is 2.57. The SMILES string of the molecule is CCC(C)c1ccc(NC(=O)c2cccc(S(=O)(=O)N3CCNC(=O)C3)c2)cc1. The zero-order valence-corrected chi connectivity index (χ0v) is 17.3. The minimum absolute atomic E-state index is 0.00744. The first-order valence-electron chi connectivity index (χ1n) is 9.59. The molecule has 2 aromatic rings. The number of piperazine rings is 1. The topological polar surface area (TPSA) is 95.6 Å². The minimum atomic E-state index is -3.85. The van der Waals surface area contributed by atoms with Crippen LogP contribution in [-0.2, 0) is 14.8 Å². The Morgan fingerprint density at radius 2 is 1.93 bits per heavy atom. The maximum absolute atomic E-state index is 12.8. The van der Waals surface area contributed by atoms with E-state index in [0.717, 1.165) is 10.7 Å². The van der Waals surface area contributed by atoms with Crippen LogP contribution >= 0.6 is 0 Å². The summed E-state index contributed by atoms with van der Waals surface area (Å²) in [5.41, 5.74) is 2.07. The first kappa shape index (κ1) is 21.0. The van der Waals surface area contributed by atoms with Crippen molar-refractivity contribution in [3.8, 4) is 0 Å². The zero-order valence-electron chi connectivity index (χ0n) is 16.5. The Morgan fingerprint density at radius 1 is 1.21 bits per heavy atom. The summed E-state index contributed by atoms with van der Waals surface area (Å²) in [7, 11) is -3.85. The average molecular weight is 416 g/mol. The van der Waals surface area contributed by atoms with Crippen molar-refractivity contribution in [3.63, 3.8) is 0 Å². The average Bonchev–Trinajstić information content (AvgIpc) is 2.73. The first-order chi connectivity index (χ1) is 13.8. The highest BCUT2D eigenvalue weighted by Crippen LogP contribution is 2.22. The van der Waals surface area contributed by atoms with Gasteiger partial charge >= 0.3 is 0 Å². The number of carbonyl (C=O) groups excluding carboxylic acids is 2. The van der Waals surface area contributed by atoms with Crippen molar-refractivity contribution in [1.29, 1.82) is 0 Å². The maximum Gasteiger partial charge on any atom is 0.255 e. The number of anilines is 1. The van der Waals surface area contributed by atoms with Crippen LogP contribution < -0.4 is 10.6 Å². The van der Waals surface area contributed by atoms with Gasteiger partial charge in [-0.25, -0.2) is 8.42 Å². The number of rotatable bonds is 6. The summed E-state index contributed by atoms with van der Waals surface area (Å²) in [5.74, 6) is -0.289. The Bertz CT molecular complexity index is 1000. The number of nitrogens with zero attached hydrogens (tertiary/aromatic N) is 1. The number of hydrogen-bond donors (Lipinski definition) is 2. The van der Waals surface area contributed by atoms with Gasteiger partial charge in [0, 0.05) is 24.3 Å². The molecule has 2 aromatic carbocycles. The van der Waals surface area contributed by atoms with Crippen molar-refractivity contribution in [1.82, 2.24) is 9.62 Å². The fraction of sp³-hybridized carbons (Fsp3) is 0.333. The van der Waals surface area contributed by atoms with E-state index in [-0.39, 0.29) is 36.0 Å². The predicted molar refractivity (Wildman–Crippen MR) is 111 cm³/mol. The molecule has 0 aromatic heterocycles. The number of carbonyl (C=O) groups is 2. The summed E-state index contributed by atoms with van der Waals surface area (Å²) in [5, 5.41) is 5.39. The van der Waals surface area contributed by atoms with Crippen molar-refractivity contribution in [2.45, 2.75) is 31.1 Å². The lowest BCUT2D eigenvalue weighted by atomic mass is 9.98. The normalized spacial score (nSPS) is 16.1. The highest BCUT2D eigenvalue weighted by atomic mass is 32.2. The lowest BCUT2D eigenvalue weighted by Crippen LogP contribution is -2.49. The van der Waals surface area contributed by atoms with Crippen LogP contribution in [0.4, 0.5) is 5.69 Å². The third kappa shape index (κ3) is 4.83. The van der Waals surface area contributed by atoms with E-state index in [1.165, 1.54) is 23.8 Å². The van der Waals surface area contributed by atoms with E-state index in [2.05, 4.69) is 24.5 Å². The highest BCUT2D eigenvalue weighted by Gasteiger charge is 2.29. The molecule has 1 heterocycles. The fourth-order valence-corrected chi connectivity index (χ4v) is 4.54. The van der Waals surface area contributed by atoms with Crippen molar-refractivity contribution in [2.75, 3.05) is 25.0 Å². The van der Waals surface area contributed by atoms with Gasteiger partial charge in [-0.15, -0.1) is 0 Å². The van der Waals surface area contributed by atoms with E-state index in [9.17, 15) is 18.0 Å². The van der Waals surface area contributed by atoms with Crippen molar-refractivity contribution in [3.05, 3.63) is 59.7 Å². The molecular weight excluding hydrogens is 390 g/mol. The molecule has 0 spiro atoms. The van der Waals surface area contributed by atoms with E-state index >= 15 is 0 Å². The van der Waals surface area contributed by atoms with E-state index in [4.69, 9.17) is 0 Å². The second-order valence-corrected chi connectivity index (χ2v) is 9.04. The molecule has 1 aliphatic rings. The van der Waals surface area contributed by atoms with Gasteiger partial charge in [-0.1, -0.05) is 32.0 Å². The number of benzene rings is 2. The summed E-state index contributed by atoms with van der Waals surface area (Å²) in [4.78, 5) is 24.1. The summed E-state index contributed by atoms with van der Waals surface area (Å²) in [6, 6.07) is 13.5. The van der Waals surface area contributed by atoms with E-state index in [0.29, 0.717) is 11.6 Å². The second-order valence-electron chi connectivity index (χ2n) is 7.10. The van der Waals surface area contributed by atoms with Crippen LogP contribution in [0, 0.1) is 0 Å². The number of amides is 2. The number of sulfonamides is 1. The first-order valence-corrected chi connectivity index (χ1v) is 11.0. The molecule has 8 heteroatoms. The van der Waals surface area contributed by atoms with Gasteiger partial charge < -0.3 is 10.6 Å². The Labute approximate surface area is 171 Å². The molecule has 1 fully saturated rings. The Morgan fingerprint density at radius 3 is 2.59 bits per heavy atom. The monoisotopic (exact) mass is 415 g/mol. The summed E-state index contributed by atoms with van der Waals surface area (Å²) in [6.45, 7) is 4.52. The molecule has 154 valence electrons. The molecule has 0 bridgehead atoms. The van der Waals surface area contributed by atoms with Gasteiger partial charge in [0.05, 0.1) is 11.4 Å². The lowest BCUT2D eigenvalue weighted by molar-refractivity contribution is -0.122. The highest BCUT2D eigenvalue weighted by molar-refractivity contribution is 7.89. The Balaban J connectivity index is 1.76. The largest absolute Gasteiger partial charge is 0.354 e. The van der Waals surface area contributed by atoms with Crippen LogP contribution in [0.1, 0.15) is 42.1 Å². The molecule has 0 aliphatic carbocycles. The van der Waals surface area contributed by atoms with Gasteiger partial charge in [0.1, 0.15) is 0 Å². The Hall–Kier alpha value is -2.71. The van der Waals surface area contributed by atoms with E-state index in [1.807, 2.05) is 24.3 Å². The number of nitrogens with one attached hydrogen (secondary N) is 2. The molecule has 7 nitrogen and oxygen atoms in total. The quantitative estimate of drug-likeness (QED) is 0.758. The molecule has 0 saturated carbocycles. The van der Waals surface area contributed by atoms with Crippen molar-refractivity contribution in [2.24, 2.45) is 0 Å². The second kappa shape index (κ2) is 8.75. The van der Waals surface area contributed by atoms with E-state index in [1.54, 1.807) is 6.07 Å². The van der Waals surface area contributed by atoms with Gasteiger partial charge in [-0.2, -0.15) is 4.31 Å². The molecule has 1 atom stereocenters. The van der Waals surface area contributed by atoms with Gasteiger partial charge in [0.25, 0.3) is 5.91 Å².